The molecular weight excluding hydrogens is 102 g/mol. The zero-order chi connectivity index (χ0) is 5.56. The van der Waals surface area contributed by atoms with Crippen molar-refractivity contribution in [1.82, 2.24) is 4.98 Å². The molecule has 1 aromatic rings. The van der Waals surface area contributed by atoms with E-state index in [1.165, 1.54) is 0 Å². The van der Waals surface area contributed by atoms with Gasteiger partial charge in [0.1, 0.15) is 6.10 Å². The minimum atomic E-state index is -0.343. The molecule has 1 aliphatic carbocycles. The molecule has 0 aliphatic heterocycles. The van der Waals surface area contributed by atoms with Gasteiger partial charge in [-0.15, -0.1) is 0 Å². The Kier molecular flexibility index (Phi) is 0.549. The minimum Gasteiger partial charge on any atom is -0.382 e. The van der Waals surface area contributed by atoms with Crippen molar-refractivity contribution in [1.29, 1.82) is 0 Å². The number of nitrogens with zero attached hydrogens (tertiary/aromatic N) is 1. The van der Waals surface area contributed by atoms with E-state index in [1.54, 1.807) is 6.20 Å². The molecule has 0 amide bonds. The monoisotopic (exact) mass is 107 g/mol. The van der Waals surface area contributed by atoms with Crippen molar-refractivity contribution in [2.75, 3.05) is 0 Å². The normalized spacial score (nSPS) is 22.4. The van der Waals surface area contributed by atoms with Gasteiger partial charge >= 0.3 is 0 Å². The van der Waals surface area contributed by atoms with Crippen LogP contribution in [0.3, 0.4) is 0 Å². The second-order valence-electron chi connectivity index (χ2n) is 1.88. The second kappa shape index (κ2) is 1.09. The van der Waals surface area contributed by atoms with E-state index in [2.05, 4.69) is 4.98 Å². The summed E-state index contributed by atoms with van der Waals surface area (Å²) in [6.07, 6.45) is 1.35. The van der Waals surface area contributed by atoms with Crippen LogP contribution in [0.5, 0.6) is 0 Å². The fourth-order valence-electron chi connectivity index (χ4n) is 0.806. The summed E-state index contributed by atoms with van der Waals surface area (Å²) >= 11 is 0. The van der Waals surface area contributed by atoms with Crippen LogP contribution < -0.4 is 0 Å². The first-order valence-corrected chi connectivity index (χ1v) is 2.52. The summed E-state index contributed by atoms with van der Waals surface area (Å²) in [6, 6.07) is 3.71. The fourth-order valence-corrected chi connectivity index (χ4v) is 0.806. The van der Waals surface area contributed by atoms with Gasteiger partial charge in [0, 0.05) is 11.8 Å². The highest BCUT2D eigenvalue weighted by Gasteiger charge is 2.30. The summed E-state index contributed by atoms with van der Waals surface area (Å²) in [4.78, 5) is 3.90. The van der Waals surface area contributed by atoms with Crippen molar-refractivity contribution in [3.05, 3.63) is 29.6 Å². The van der Waals surface area contributed by atoms with Crippen LogP contribution in [-0.4, -0.2) is 10.1 Å². The van der Waals surface area contributed by atoms with E-state index in [0.717, 1.165) is 11.3 Å². The molecule has 1 N–H and O–H groups in total. The predicted molar refractivity (Wildman–Crippen MR) is 28.3 cm³/mol. The van der Waals surface area contributed by atoms with Crippen LogP contribution in [0, 0.1) is 0 Å². The summed E-state index contributed by atoms with van der Waals surface area (Å²) in [6.45, 7) is 0. The van der Waals surface area contributed by atoms with Crippen LogP contribution in [0.4, 0.5) is 0 Å². The van der Waals surface area contributed by atoms with Gasteiger partial charge in [-0.1, -0.05) is 6.07 Å². The molecule has 2 heteroatoms. The number of pyridine rings is 1. The Morgan fingerprint density at radius 1 is 1.62 bits per heavy atom. The van der Waals surface area contributed by atoms with E-state index >= 15 is 0 Å². The number of aliphatic hydroxyl groups is 1. The summed E-state index contributed by atoms with van der Waals surface area (Å²) in [5.74, 6) is 0. The van der Waals surface area contributed by atoms with Crippen LogP contribution in [0.15, 0.2) is 18.3 Å². The van der Waals surface area contributed by atoms with Crippen molar-refractivity contribution >= 4 is 0 Å². The average Bonchev–Trinajstić information content (AvgIpc) is 2.46. The average molecular weight is 107 g/mol. The molecule has 0 saturated carbocycles. The summed E-state index contributed by atoms with van der Waals surface area (Å²) in [5.41, 5.74) is 1.82. The molecule has 1 heterocycles. The zero-order valence-corrected chi connectivity index (χ0v) is 4.20. The van der Waals surface area contributed by atoms with E-state index in [0.29, 0.717) is 0 Å². The Balaban J connectivity index is 2.58. The lowest BCUT2D eigenvalue weighted by atomic mass is 10.5. The number of fused-ring (bicyclic) bond motifs is 1. The lowest BCUT2D eigenvalue weighted by Gasteiger charge is -1.68. The van der Waals surface area contributed by atoms with Gasteiger partial charge < -0.3 is 5.11 Å². The van der Waals surface area contributed by atoms with Crippen molar-refractivity contribution in [3.8, 4) is 0 Å². The molecule has 2 nitrogen and oxygen atoms in total. The molecule has 0 radical (unpaired) electrons. The van der Waals surface area contributed by atoms with Gasteiger partial charge in [-0.2, -0.15) is 0 Å². The van der Waals surface area contributed by atoms with Crippen LogP contribution in [0.25, 0.3) is 0 Å². The zero-order valence-electron chi connectivity index (χ0n) is 4.20. The smallest absolute Gasteiger partial charge is 0.123 e. The van der Waals surface area contributed by atoms with Gasteiger partial charge in [-0.25, -0.2) is 0 Å². The van der Waals surface area contributed by atoms with Gasteiger partial charge in [0.15, 0.2) is 0 Å². The lowest BCUT2D eigenvalue weighted by molar-refractivity contribution is 0.264. The van der Waals surface area contributed by atoms with Crippen molar-refractivity contribution in [2.24, 2.45) is 0 Å². The summed E-state index contributed by atoms with van der Waals surface area (Å²) in [7, 11) is 0. The van der Waals surface area contributed by atoms with E-state index in [1.807, 2.05) is 12.1 Å². The van der Waals surface area contributed by atoms with Crippen LogP contribution in [-0.2, 0) is 0 Å². The van der Waals surface area contributed by atoms with Gasteiger partial charge in [0.25, 0.3) is 0 Å². The van der Waals surface area contributed by atoms with E-state index < -0.39 is 0 Å². The van der Waals surface area contributed by atoms with Crippen molar-refractivity contribution in [2.45, 2.75) is 6.10 Å². The van der Waals surface area contributed by atoms with Gasteiger partial charge in [0.05, 0.1) is 5.69 Å². The summed E-state index contributed by atoms with van der Waals surface area (Å²) in [5, 5.41) is 8.89. The number of hydrogen-bond acceptors (Lipinski definition) is 2. The first-order valence-electron chi connectivity index (χ1n) is 2.52. The molecule has 40 valence electrons. The molecule has 2 rings (SSSR count). The maximum absolute atomic E-state index is 8.89. The van der Waals surface area contributed by atoms with Gasteiger partial charge in [-0.3, -0.25) is 4.98 Å². The third kappa shape index (κ3) is 0.333. The largest absolute Gasteiger partial charge is 0.382 e. The predicted octanol–water partition coefficient (Wildman–Crippen LogP) is 0.477. The second-order valence-corrected chi connectivity index (χ2v) is 1.88. The first-order chi connectivity index (χ1) is 3.89. The standard InChI is InChI=1S/C6H5NO/c8-6-4-2-1-3-7-5(4)6/h1-3,6,8H. The van der Waals surface area contributed by atoms with Crippen LogP contribution in [0.2, 0.25) is 0 Å². The van der Waals surface area contributed by atoms with E-state index in [4.69, 9.17) is 5.11 Å². The third-order valence-corrected chi connectivity index (χ3v) is 1.34. The van der Waals surface area contributed by atoms with Crippen LogP contribution >= 0.6 is 0 Å². The summed E-state index contributed by atoms with van der Waals surface area (Å²) < 4.78 is 0. The highest BCUT2D eigenvalue weighted by Crippen LogP contribution is 2.37. The molecule has 0 aromatic carbocycles. The number of aliphatic hydroxyl groups excluding tert-OH is 1. The molecule has 0 bridgehead atoms. The third-order valence-electron chi connectivity index (χ3n) is 1.34. The highest BCUT2D eigenvalue weighted by molar-refractivity contribution is 5.43. The number of rotatable bonds is 0. The Bertz CT molecular complexity index is 199. The Hall–Kier alpha value is -0.890. The van der Waals surface area contributed by atoms with Crippen molar-refractivity contribution in [3.63, 3.8) is 0 Å². The molecule has 1 atom stereocenters. The van der Waals surface area contributed by atoms with Gasteiger partial charge in [0.2, 0.25) is 0 Å². The maximum Gasteiger partial charge on any atom is 0.123 e. The minimum absolute atomic E-state index is 0.343. The molecule has 0 spiro atoms. The highest BCUT2D eigenvalue weighted by atomic mass is 16.3. The molecule has 8 heavy (non-hydrogen) atoms. The lowest BCUT2D eigenvalue weighted by Crippen LogP contribution is -1.65. The maximum atomic E-state index is 8.89. The van der Waals surface area contributed by atoms with E-state index in [-0.39, 0.29) is 6.10 Å². The quantitative estimate of drug-likeness (QED) is 0.523. The molecular formula is C6H5NO. The van der Waals surface area contributed by atoms with Gasteiger partial charge in [-0.05, 0) is 6.07 Å². The molecule has 1 unspecified atom stereocenters. The first kappa shape index (κ1) is 4.04. The molecule has 0 saturated heterocycles. The molecule has 0 fully saturated rings. The van der Waals surface area contributed by atoms with E-state index in [9.17, 15) is 0 Å². The number of hydrogen-bond donors (Lipinski definition) is 1. The SMILES string of the molecule is OC1c2cccnc21. The van der Waals surface area contributed by atoms with Crippen LogP contribution in [0.1, 0.15) is 17.4 Å². The topological polar surface area (TPSA) is 33.1 Å². The van der Waals surface area contributed by atoms with Crippen molar-refractivity contribution < 1.29 is 5.11 Å². The molecule has 1 aliphatic rings. The Labute approximate surface area is 46.8 Å². The number of aromatic nitrogens is 1. The Morgan fingerprint density at radius 3 is 3.00 bits per heavy atom. The Morgan fingerprint density at radius 2 is 2.50 bits per heavy atom. The fraction of sp³-hybridized carbons (Fsp3) is 0.167. The molecule has 1 aromatic heterocycles.